The number of para-hydroxylation sites is 1. The van der Waals surface area contributed by atoms with Crippen LogP contribution in [0.1, 0.15) is 0 Å². The van der Waals surface area contributed by atoms with Crippen molar-refractivity contribution >= 4 is 38.8 Å². The van der Waals surface area contributed by atoms with Crippen LogP contribution in [0.2, 0.25) is 0 Å². The Labute approximate surface area is 106 Å². The van der Waals surface area contributed by atoms with Gasteiger partial charge in [-0.25, -0.2) is 13.6 Å². The quantitative estimate of drug-likeness (QED) is 0.812. The van der Waals surface area contributed by atoms with Gasteiger partial charge in [-0.3, -0.25) is 0 Å². The van der Waals surface area contributed by atoms with E-state index < -0.39 is 10.0 Å². The van der Waals surface area contributed by atoms with Crippen molar-refractivity contribution < 1.29 is 8.42 Å². The molecule has 90 valence electrons. The van der Waals surface area contributed by atoms with Gasteiger partial charge in [0.05, 0.1) is 5.69 Å². The van der Waals surface area contributed by atoms with Gasteiger partial charge in [-0.05, 0) is 12.1 Å². The highest BCUT2D eigenvalue weighted by molar-refractivity contribution is 8.01. The van der Waals surface area contributed by atoms with Crippen molar-refractivity contribution in [2.24, 2.45) is 5.14 Å². The summed E-state index contributed by atoms with van der Waals surface area (Å²) in [7, 11) is -3.81. The van der Waals surface area contributed by atoms with Crippen LogP contribution in [0.25, 0.3) is 0 Å². The summed E-state index contributed by atoms with van der Waals surface area (Å²) in [5.41, 5.74) is 7.48. The second-order valence-electron chi connectivity index (χ2n) is 3.02. The van der Waals surface area contributed by atoms with Crippen LogP contribution in [-0.4, -0.2) is 18.6 Å². The lowest BCUT2D eigenvalue weighted by Crippen LogP contribution is -2.14. The van der Waals surface area contributed by atoms with E-state index in [1.807, 2.05) is 0 Å². The van der Waals surface area contributed by atoms with Crippen molar-refractivity contribution in [2.45, 2.75) is 14.1 Å². The molecule has 0 unspecified atom stereocenters. The number of hydrogen-bond acceptors (Lipinski definition) is 7. The highest BCUT2D eigenvalue weighted by Crippen LogP contribution is 2.35. The number of aromatic nitrogens is 2. The Morgan fingerprint density at radius 3 is 2.71 bits per heavy atom. The summed E-state index contributed by atoms with van der Waals surface area (Å²) in [6, 6.07) is 4.66. The topological polar surface area (TPSA) is 112 Å². The summed E-state index contributed by atoms with van der Waals surface area (Å²) < 4.78 is 23.2. The molecule has 0 amide bonds. The highest BCUT2D eigenvalue weighted by Gasteiger charge is 2.15. The van der Waals surface area contributed by atoms with Gasteiger partial charge in [0.1, 0.15) is 10.4 Å². The normalized spacial score (nSPS) is 11.6. The van der Waals surface area contributed by atoms with Crippen LogP contribution < -0.4 is 10.9 Å². The molecule has 0 fully saturated rings. The fraction of sp³-hybridized carbons (Fsp3) is 0. The van der Waals surface area contributed by atoms with Crippen LogP contribution in [0.3, 0.4) is 0 Å². The number of primary sulfonamides is 1. The summed E-state index contributed by atoms with van der Waals surface area (Å²) in [4.78, 5) is 0.514. The van der Waals surface area contributed by atoms with Gasteiger partial charge in [0.25, 0.3) is 0 Å². The fourth-order valence-electron chi connectivity index (χ4n) is 1.16. The number of rotatable bonds is 3. The maximum atomic E-state index is 11.3. The van der Waals surface area contributed by atoms with E-state index in [2.05, 4.69) is 10.2 Å². The van der Waals surface area contributed by atoms with Crippen LogP contribution >= 0.6 is 23.1 Å². The average Bonchev–Trinajstić information content (AvgIpc) is 2.72. The third kappa shape index (κ3) is 2.75. The molecule has 0 aliphatic carbocycles. The van der Waals surface area contributed by atoms with Crippen LogP contribution in [-0.2, 0) is 10.0 Å². The Bertz CT molecular complexity index is 624. The molecule has 0 saturated heterocycles. The first kappa shape index (κ1) is 12.3. The Morgan fingerprint density at radius 1 is 1.35 bits per heavy atom. The predicted molar refractivity (Wildman–Crippen MR) is 66.3 cm³/mol. The Morgan fingerprint density at radius 2 is 2.12 bits per heavy atom. The molecule has 0 bridgehead atoms. The molecule has 1 heterocycles. The minimum Gasteiger partial charge on any atom is -0.397 e. The van der Waals surface area contributed by atoms with E-state index in [0.29, 0.717) is 9.24 Å². The first-order chi connectivity index (χ1) is 7.98. The third-order valence-corrected chi connectivity index (χ3v) is 4.69. The van der Waals surface area contributed by atoms with Gasteiger partial charge in [-0.15, -0.1) is 10.2 Å². The van der Waals surface area contributed by atoms with Crippen LogP contribution in [0.4, 0.5) is 5.69 Å². The summed E-state index contributed by atoms with van der Waals surface area (Å²) in [6.07, 6.45) is 0. The number of benzene rings is 1. The molecule has 0 atom stereocenters. The van der Waals surface area contributed by atoms with E-state index in [9.17, 15) is 8.42 Å². The molecule has 0 aliphatic rings. The van der Waals surface area contributed by atoms with E-state index in [1.165, 1.54) is 29.2 Å². The third-order valence-electron chi connectivity index (χ3n) is 1.87. The first-order valence-corrected chi connectivity index (χ1v) is 7.58. The molecule has 17 heavy (non-hydrogen) atoms. The molecule has 9 heteroatoms. The number of anilines is 1. The molecular weight excluding hydrogens is 280 g/mol. The minimum absolute atomic E-state index is 0.0768. The van der Waals surface area contributed by atoms with Crippen molar-refractivity contribution in [1.29, 1.82) is 0 Å². The second-order valence-corrected chi connectivity index (χ2v) is 6.67. The fourth-order valence-corrected chi connectivity index (χ4v) is 3.42. The van der Waals surface area contributed by atoms with Crippen molar-refractivity contribution in [1.82, 2.24) is 10.2 Å². The van der Waals surface area contributed by atoms with Gasteiger partial charge >= 0.3 is 0 Å². The van der Waals surface area contributed by atoms with Crippen LogP contribution in [0.15, 0.2) is 37.8 Å². The molecular formula is C8H8N4O2S3. The summed E-state index contributed by atoms with van der Waals surface area (Å²) >= 11 is 2.60. The van der Waals surface area contributed by atoms with E-state index in [1.54, 1.807) is 17.6 Å². The Hall–Kier alpha value is -1.16. The standard InChI is InChI=1S/C8H8N4O2S3/c9-7-5(16-8-12-11-4-15-8)2-1-3-6(7)17(10,13)14/h1-4H,9H2,(H2,10,13,14). The Kier molecular flexibility index (Phi) is 3.33. The lowest BCUT2D eigenvalue weighted by atomic mass is 10.3. The van der Waals surface area contributed by atoms with Crippen molar-refractivity contribution in [3.63, 3.8) is 0 Å². The zero-order chi connectivity index (χ0) is 12.5. The minimum atomic E-state index is -3.81. The van der Waals surface area contributed by atoms with E-state index in [4.69, 9.17) is 10.9 Å². The molecule has 1 aromatic carbocycles. The van der Waals surface area contributed by atoms with E-state index in [-0.39, 0.29) is 10.6 Å². The molecule has 0 saturated carbocycles. The van der Waals surface area contributed by atoms with Gasteiger partial charge in [-0.1, -0.05) is 29.2 Å². The zero-order valence-electron chi connectivity index (χ0n) is 8.40. The SMILES string of the molecule is Nc1c(Sc2nncs2)cccc1S(N)(=O)=O. The smallest absolute Gasteiger partial charge is 0.240 e. The molecule has 6 nitrogen and oxygen atoms in total. The summed E-state index contributed by atoms with van der Waals surface area (Å²) in [5.74, 6) is 0. The first-order valence-electron chi connectivity index (χ1n) is 4.34. The average molecular weight is 288 g/mol. The summed E-state index contributed by atoms with van der Waals surface area (Å²) in [5, 5.41) is 12.6. The van der Waals surface area contributed by atoms with Crippen LogP contribution in [0.5, 0.6) is 0 Å². The number of nitrogen functional groups attached to an aromatic ring is 1. The maximum absolute atomic E-state index is 11.3. The molecule has 4 N–H and O–H groups in total. The number of hydrogen-bond donors (Lipinski definition) is 2. The van der Waals surface area contributed by atoms with Crippen molar-refractivity contribution in [3.8, 4) is 0 Å². The van der Waals surface area contributed by atoms with Crippen LogP contribution in [0, 0.1) is 0 Å². The monoisotopic (exact) mass is 288 g/mol. The number of nitrogens with two attached hydrogens (primary N) is 2. The largest absolute Gasteiger partial charge is 0.397 e. The highest BCUT2D eigenvalue weighted by atomic mass is 32.2. The zero-order valence-corrected chi connectivity index (χ0v) is 10.8. The van der Waals surface area contributed by atoms with Gasteiger partial charge in [0.2, 0.25) is 10.0 Å². The molecule has 2 aromatic rings. The number of nitrogens with zero attached hydrogens (tertiary/aromatic N) is 2. The molecule has 1 aromatic heterocycles. The van der Waals surface area contributed by atoms with Gasteiger partial charge in [0, 0.05) is 4.90 Å². The van der Waals surface area contributed by atoms with Crippen molar-refractivity contribution in [3.05, 3.63) is 23.7 Å². The molecule has 2 rings (SSSR count). The lowest BCUT2D eigenvalue weighted by molar-refractivity contribution is 0.598. The van der Waals surface area contributed by atoms with E-state index >= 15 is 0 Å². The number of sulfonamides is 1. The van der Waals surface area contributed by atoms with Gasteiger partial charge < -0.3 is 5.73 Å². The van der Waals surface area contributed by atoms with Gasteiger partial charge in [0.15, 0.2) is 4.34 Å². The summed E-state index contributed by atoms with van der Waals surface area (Å²) in [6.45, 7) is 0. The Balaban J connectivity index is 2.43. The predicted octanol–water partition coefficient (Wildman–Crippen LogP) is 0.919. The van der Waals surface area contributed by atoms with Gasteiger partial charge in [-0.2, -0.15) is 0 Å². The molecule has 0 radical (unpaired) electrons. The maximum Gasteiger partial charge on any atom is 0.240 e. The van der Waals surface area contributed by atoms with E-state index in [0.717, 1.165) is 0 Å². The van der Waals surface area contributed by atoms with Crippen molar-refractivity contribution in [2.75, 3.05) is 5.73 Å². The second kappa shape index (κ2) is 4.61. The lowest BCUT2D eigenvalue weighted by Gasteiger charge is -2.07. The molecule has 0 spiro atoms. The molecule has 0 aliphatic heterocycles.